The Morgan fingerprint density at radius 3 is 2.45 bits per heavy atom. The Hall–Kier alpha value is -2.75. The molecule has 33 heavy (non-hydrogen) atoms. The lowest BCUT2D eigenvalue weighted by Crippen LogP contribution is -2.35. The number of hydrogen-bond acceptors (Lipinski definition) is 4. The van der Waals surface area contributed by atoms with Crippen LogP contribution in [0.2, 0.25) is 0 Å². The molecule has 1 aliphatic heterocycles. The SMILES string of the molecule is Cc1cc(C)cc(NC(=S)NN=Cc2cn(C)c3ccc(S(=O)(=O)N4CCCCC4)cc23)c1. The number of nitrogens with zero attached hydrogens (tertiary/aromatic N) is 3. The highest BCUT2D eigenvalue weighted by Crippen LogP contribution is 2.26. The van der Waals surface area contributed by atoms with Gasteiger partial charge in [0.25, 0.3) is 0 Å². The van der Waals surface area contributed by atoms with Crippen LogP contribution < -0.4 is 10.7 Å². The maximum atomic E-state index is 13.1. The van der Waals surface area contributed by atoms with Crippen molar-refractivity contribution in [3.05, 3.63) is 59.3 Å². The standard InChI is InChI=1S/C24H29N5O2S2/c1-17-11-18(2)13-20(12-17)26-24(32)27-25-15-19-16-28(3)23-8-7-21(14-22(19)23)33(30,31)29-9-5-4-6-10-29/h7-8,11-16H,4-6,9-10H2,1-3H3,(H2,26,27,32). The van der Waals surface area contributed by atoms with Crippen molar-refractivity contribution in [1.82, 2.24) is 14.3 Å². The first-order valence-corrected chi connectivity index (χ1v) is 12.9. The van der Waals surface area contributed by atoms with Gasteiger partial charge in [-0.2, -0.15) is 9.41 Å². The molecule has 2 heterocycles. The van der Waals surface area contributed by atoms with Crippen LogP contribution in [0.15, 0.2) is 52.6 Å². The minimum absolute atomic E-state index is 0.317. The second-order valence-electron chi connectivity index (χ2n) is 8.54. The summed E-state index contributed by atoms with van der Waals surface area (Å²) in [6, 6.07) is 11.4. The Labute approximate surface area is 200 Å². The molecule has 174 valence electrons. The minimum atomic E-state index is -3.50. The first-order chi connectivity index (χ1) is 15.7. The van der Waals surface area contributed by atoms with Crippen LogP contribution in [-0.4, -0.2) is 41.7 Å². The van der Waals surface area contributed by atoms with E-state index < -0.39 is 10.0 Å². The second-order valence-corrected chi connectivity index (χ2v) is 10.9. The smallest absolute Gasteiger partial charge is 0.243 e. The lowest BCUT2D eigenvalue weighted by molar-refractivity contribution is 0.346. The number of nitrogens with one attached hydrogen (secondary N) is 2. The number of rotatable bonds is 5. The molecule has 2 N–H and O–H groups in total. The Kier molecular flexibility index (Phi) is 6.83. The van der Waals surface area contributed by atoms with E-state index in [9.17, 15) is 8.42 Å². The van der Waals surface area contributed by atoms with Crippen molar-refractivity contribution >= 4 is 50.2 Å². The largest absolute Gasteiger partial charge is 0.350 e. The van der Waals surface area contributed by atoms with E-state index in [4.69, 9.17) is 12.2 Å². The van der Waals surface area contributed by atoms with Crippen molar-refractivity contribution in [1.29, 1.82) is 0 Å². The lowest BCUT2D eigenvalue weighted by Gasteiger charge is -2.25. The molecular weight excluding hydrogens is 454 g/mol. The van der Waals surface area contributed by atoms with Crippen molar-refractivity contribution in [2.45, 2.75) is 38.0 Å². The van der Waals surface area contributed by atoms with Crippen molar-refractivity contribution in [2.75, 3.05) is 18.4 Å². The van der Waals surface area contributed by atoms with E-state index in [1.54, 1.807) is 22.7 Å². The summed E-state index contributed by atoms with van der Waals surface area (Å²) in [6.07, 6.45) is 6.49. The van der Waals surface area contributed by atoms with Gasteiger partial charge in [-0.25, -0.2) is 8.42 Å². The molecule has 0 aliphatic carbocycles. The maximum Gasteiger partial charge on any atom is 0.243 e. The van der Waals surface area contributed by atoms with Crippen LogP contribution in [-0.2, 0) is 17.1 Å². The monoisotopic (exact) mass is 483 g/mol. The molecule has 1 aromatic heterocycles. The topological polar surface area (TPSA) is 78.7 Å². The predicted octanol–water partition coefficient (Wildman–Crippen LogP) is 4.29. The quantitative estimate of drug-likeness (QED) is 0.322. The van der Waals surface area contributed by atoms with Gasteiger partial charge in [0, 0.05) is 48.5 Å². The van der Waals surface area contributed by atoms with Gasteiger partial charge < -0.3 is 9.88 Å². The van der Waals surface area contributed by atoms with Gasteiger partial charge in [-0.05, 0) is 80.4 Å². The summed E-state index contributed by atoms with van der Waals surface area (Å²) in [5.74, 6) is 0. The van der Waals surface area contributed by atoms with E-state index in [1.807, 2.05) is 49.9 Å². The normalized spacial score (nSPS) is 15.2. The third-order valence-corrected chi connectivity index (χ3v) is 7.88. The number of piperidine rings is 1. The van der Waals surface area contributed by atoms with E-state index in [0.717, 1.165) is 52.5 Å². The average molecular weight is 484 g/mol. The number of sulfonamides is 1. The molecule has 1 aliphatic rings. The number of aromatic nitrogens is 1. The second kappa shape index (κ2) is 9.62. The number of benzene rings is 2. The van der Waals surface area contributed by atoms with Crippen LogP contribution >= 0.6 is 12.2 Å². The zero-order valence-corrected chi connectivity index (χ0v) is 20.8. The van der Waals surface area contributed by atoms with E-state index in [2.05, 4.69) is 21.9 Å². The number of fused-ring (bicyclic) bond motifs is 1. The summed E-state index contributed by atoms with van der Waals surface area (Å²) < 4.78 is 29.8. The molecule has 2 aromatic carbocycles. The highest BCUT2D eigenvalue weighted by atomic mass is 32.2. The molecule has 0 bridgehead atoms. The van der Waals surface area contributed by atoms with Crippen LogP contribution in [0, 0.1) is 13.8 Å². The summed E-state index contributed by atoms with van der Waals surface area (Å²) >= 11 is 5.35. The zero-order valence-electron chi connectivity index (χ0n) is 19.1. The fourth-order valence-corrected chi connectivity index (χ4v) is 6.00. The molecule has 0 saturated carbocycles. The number of hydrazone groups is 1. The Morgan fingerprint density at radius 1 is 1.06 bits per heavy atom. The fraction of sp³-hybridized carbons (Fsp3) is 0.333. The molecule has 7 nitrogen and oxygen atoms in total. The molecule has 0 unspecified atom stereocenters. The third-order valence-electron chi connectivity index (χ3n) is 5.79. The van der Waals surface area contributed by atoms with Crippen molar-refractivity contribution in [3.63, 3.8) is 0 Å². The molecule has 1 saturated heterocycles. The van der Waals surface area contributed by atoms with Crippen LogP contribution in [0.1, 0.15) is 36.0 Å². The summed E-state index contributed by atoms with van der Waals surface area (Å²) in [4.78, 5) is 0.317. The molecule has 0 amide bonds. The van der Waals surface area contributed by atoms with E-state index >= 15 is 0 Å². The van der Waals surface area contributed by atoms with Crippen molar-refractivity contribution in [2.24, 2.45) is 12.1 Å². The zero-order chi connectivity index (χ0) is 23.6. The molecule has 9 heteroatoms. The van der Waals surface area contributed by atoms with Gasteiger partial charge in [-0.15, -0.1) is 0 Å². The molecule has 0 radical (unpaired) electrons. The van der Waals surface area contributed by atoms with E-state index in [0.29, 0.717) is 23.1 Å². The van der Waals surface area contributed by atoms with Gasteiger partial charge in [0.1, 0.15) is 0 Å². The highest BCUT2D eigenvalue weighted by Gasteiger charge is 2.26. The Morgan fingerprint density at radius 2 is 1.76 bits per heavy atom. The molecular formula is C24H29N5O2S2. The van der Waals surface area contributed by atoms with Gasteiger partial charge in [-0.1, -0.05) is 12.5 Å². The Balaban J connectivity index is 1.53. The van der Waals surface area contributed by atoms with Crippen molar-refractivity contribution < 1.29 is 8.42 Å². The van der Waals surface area contributed by atoms with Gasteiger partial charge in [0.05, 0.1) is 11.1 Å². The minimum Gasteiger partial charge on any atom is -0.350 e. The number of anilines is 1. The summed E-state index contributed by atoms with van der Waals surface area (Å²) in [5, 5.41) is 8.62. The van der Waals surface area contributed by atoms with E-state index in [-0.39, 0.29) is 0 Å². The molecule has 1 fully saturated rings. The van der Waals surface area contributed by atoms with Crippen LogP contribution in [0.25, 0.3) is 10.9 Å². The number of thiocarbonyl (C=S) groups is 1. The number of aryl methyl sites for hydroxylation is 3. The van der Waals surface area contributed by atoms with Crippen molar-refractivity contribution in [3.8, 4) is 0 Å². The Bertz CT molecular complexity index is 1300. The fourth-order valence-electron chi connectivity index (χ4n) is 4.29. The summed E-state index contributed by atoms with van der Waals surface area (Å²) in [7, 11) is -1.57. The first kappa shape index (κ1) is 23.4. The highest BCUT2D eigenvalue weighted by molar-refractivity contribution is 7.89. The summed E-state index contributed by atoms with van der Waals surface area (Å²) in [5.41, 5.74) is 7.79. The van der Waals surface area contributed by atoms with E-state index in [1.165, 1.54) is 0 Å². The van der Waals surface area contributed by atoms with Gasteiger partial charge in [0.15, 0.2) is 5.11 Å². The maximum absolute atomic E-state index is 13.1. The molecule has 0 spiro atoms. The van der Waals surface area contributed by atoms with Gasteiger partial charge in [0.2, 0.25) is 10.0 Å². The number of hydrogen-bond donors (Lipinski definition) is 2. The first-order valence-electron chi connectivity index (χ1n) is 11.0. The van der Waals surface area contributed by atoms with Crippen LogP contribution in [0.4, 0.5) is 5.69 Å². The third kappa shape index (κ3) is 5.26. The average Bonchev–Trinajstić information content (AvgIpc) is 3.08. The molecule has 0 atom stereocenters. The van der Waals surface area contributed by atoms with Crippen LogP contribution in [0.5, 0.6) is 0 Å². The summed E-state index contributed by atoms with van der Waals surface area (Å²) in [6.45, 7) is 5.23. The predicted molar refractivity (Wildman–Crippen MR) is 138 cm³/mol. The van der Waals surface area contributed by atoms with Gasteiger partial charge >= 0.3 is 0 Å². The molecule has 4 rings (SSSR count). The van der Waals surface area contributed by atoms with Crippen LogP contribution in [0.3, 0.4) is 0 Å². The lowest BCUT2D eigenvalue weighted by atomic mass is 10.1. The molecule has 3 aromatic rings. The van der Waals surface area contributed by atoms with Gasteiger partial charge in [-0.3, -0.25) is 5.43 Å².